The van der Waals surface area contributed by atoms with Crippen LogP contribution in [-0.2, 0) is 29.0 Å². The smallest absolute Gasteiger partial charge is 0.432 e. The van der Waals surface area contributed by atoms with Crippen molar-refractivity contribution in [2.24, 2.45) is 10.7 Å². The zero-order valence-electron chi connectivity index (χ0n) is 18.4. The standard InChI is InChI=1S/C19H23N5O4S.CH3NO2/c1-12(25)22-18-23-16(17(29-18)10-24(3)13(2)26)9-6-14-4-7-15(8-5-14)20-11-21-19(27)28;2-1(3)4/h4-5,7-8,11H,6,9-10H2,1-3H3,(H,20,21)(H,27,28)(H,22,23,25);2H2,(H,3,4). The van der Waals surface area contributed by atoms with Gasteiger partial charge < -0.3 is 31.5 Å². The van der Waals surface area contributed by atoms with Crippen LogP contribution in [0.4, 0.5) is 20.4 Å². The molecule has 0 atom stereocenters. The third-order valence-electron chi connectivity index (χ3n) is 3.99. The average molecular weight is 479 g/mol. The zero-order valence-corrected chi connectivity index (χ0v) is 19.2. The maximum Gasteiger partial charge on any atom is 0.432 e. The Morgan fingerprint density at radius 2 is 1.76 bits per heavy atom. The van der Waals surface area contributed by atoms with Crippen LogP contribution in [-0.4, -0.2) is 57.5 Å². The quantitative estimate of drug-likeness (QED) is 0.283. The molecule has 0 unspecified atom stereocenters. The number of primary amides is 1. The van der Waals surface area contributed by atoms with Crippen molar-refractivity contribution >= 4 is 52.5 Å². The van der Waals surface area contributed by atoms with E-state index in [1.165, 1.54) is 25.2 Å². The summed E-state index contributed by atoms with van der Waals surface area (Å²) in [5.74, 6) is -0.230. The summed E-state index contributed by atoms with van der Waals surface area (Å²) in [5, 5.41) is 21.7. The second-order valence-corrected chi connectivity index (χ2v) is 7.75. The second kappa shape index (κ2) is 13.4. The molecule has 0 spiro atoms. The Hall–Kier alpha value is -4.00. The average Bonchev–Trinajstić information content (AvgIpc) is 3.06. The summed E-state index contributed by atoms with van der Waals surface area (Å²) in [5.41, 5.74) is 6.68. The third kappa shape index (κ3) is 11.3. The highest BCUT2D eigenvalue weighted by atomic mass is 32.1. The van der Waals surface area contributed by atoms with E-state index in [0.29, 0.717) is 18.1 Å². The number of benzene rings is 1. The number of nitrogens with zero attached hydrogens (tertiary/aromatic N) is 3. The summed E-state index contributed by atoms with van der Waals surface area (Å²) < 4.78 is 0. The number of aromatic nitrogens is 1. The van der Waals surface area contributed by atoms with Gasteiger partial charge in [0.2, 0.25) is 11.8 Å². The third-order valence-corrected chi connectivity index (χ3v) is 4.99. The van der Waals surface area contributed by atoms with Crippen molar-refractivity contribution in [2.75, 3.05) is 17.7 Å². The topological polar surface area (TPSA) is 187 Å². The Morgan fingerprint density at radius 3 is 2.27 bits per heavy atom. The van der Waals surface area contributed by atoms with Gasteiger partial charge in [-0.15, -0.1) is 0 Å². The molecule has 0 fully saturated rings. The highest BCUT2D eigenvalue weighted by Crippen LogP contribution is 2.26. The van der Waals surface area contributed by atoms with Gasteiger partial charge in [-0.25, -0.2) is 14.6 Å². The molecule has 0 aliphatic heterocycles. The number of hydrogen-bond acceptors (Lipinski definition) is 6. The number of carboxylic acid groups (broad SMARTS) is 2. The van der Waals surface area contributed by atoms with Gasteiger partial charge in [-0.3, -0.25) is 9.59 Å². The Bertz CT molecular complexity index is 1000. The molecule has 0 aliphatic carbocycles. The fourth-order valence-corrected chi connectivity index (χ4v) is 3.53. The number of carbonyl (C=O) groups is 4. The SMILES string of the molecule is CC(=O)Nc1nc(CCc2ccc(NC=NC(=O)O)cc2)c(CN(C)C(C)=O)s1.NC(=O)O. The fraction of sp³-hybridized carbons (Fsp3) is 0.300. The Labute approximate surface area is 194 Å². The molecular weight excluding hydrogens is 452 g/mol. The number of amides is 4. The molecule has 2 rings (SSSR count). The summed E-state index contributed by atoms with van der Waals surface area (Å²) in [4.78, 5) is 52.3. The number of thiazole rings is 1. The Balaban J connectivity index is 0.00000125. The number of nitrogens with one attached hydrogen (secondary N) is 2. The lowest BCUT2D eigenvalue weighted by molar-refractivity contribution is -0.128. The maximum absolute atomic E-state index is 11.6. The number of aliphatic imine (C=N–C) groups is 1. The number of nitrogens with two attached hydrogens (primary N) is 1. The molecule has 178 valence electrons. The molecule has 1 aromatic heterocycles. The predicted octanol–water partition coefficient (Wildman–Crippen LogP) is 2.61. The van der Waals surface area contributed by atoms with Crippen LogP contribution in [0.2, 0.25) is 0 Å². The van der Waals surface area contributed by atoms with Crippen LogP contribution < -0.4 is 16.4 Å². The molecule has 0 saturated heterocycles. The summed E-state index contributed by atoms with van der Waals surface area (Å²) in [7, 11) is 1.73. The van der Waals surface area contributed by atoms with Crippen LogP contribution in [0.5, 0.6) is 0 Å². The number of anilines is 2. The summed E-state index contributed by atoms with van der Waals surface area (Å²) in [6.45, 7) is 3.37. The van der Waals surface area contributed by atoms with Gasteiger partial charge in [0.25, 0.3) is 0 Å². The lowest BCUT2D eigenvalue weighted by atomic mass is 10.1. The second-order valence-electron chi connectivity index (χ2n) is 6.67. The van der Waals surface area contributed by atoms with Gasteiger partial charge >= 0.3 is 12.2 Å². The Kier molecular flexibility index (Phi) is 11.0. The molecule has 0 bridgehead atoms. The number of hydrogen-bond donors (Lipinski definition) is 5. The molecule has 1 aromatic carbocycles. The first-order valence-corrected chi connectivity index (χ1v) is 10.4. The van der Waals surface area contributed by atoms with Crippen LogP contribution in [0.3, 0.4) is 0 Å². The van der Waals surface area contributed by atoms with Crippen molar-refractivity contribution in [3.63, 3.8) is 0 Å². The number of carbonyl (C=O) groups excluding carboxylic acids is 2. The zero-order chi connectivity index (χ0) is 25.0. The van der Waals surface area contributed by atoms with Gasteiger partial charge in [-0.05, 0) is 30.5 Å². The largest absolute Gasteiger partial charge is 0.465 e. The monoisotopic (exact) mass is 478 g/mol. The van der Waals surface area contributed by atoms with Crippen molar-refractivity contribution in [3.8, 4) is 0 Å². The molecule has 1 heterocycles. The highest BCUT2D eigenvalue weighted by Gasteiger charge is 2.15. The van der Waals surface area contributed by atoms with Crippen molar-refractivity contribution in [1.82, 2.24) is 9.88 Å². The summed E-state index contributed by atoms with van der Waals surface area (Å²) in [6.07, 6.45) is -0.0933. The fourth-order valence-electron chi connectivity index (χ4n) is 2.43. The molecule has 0 aliphatic rings. The van der Waals surface area contributed by atoms with Crippen molar-refractivity contribution < 1.29 is 29.4 Å². The van der Waals surface area contributed by atoms with Gasteiger partial charge in [-0.1, -0.05) is 23.5 Å². The van der Waals surface area contributed by atoms with E-state index in [-0.39, 0.29) is 11.8 Å². The van der Waals surface area contributed by atoms with Crippen LogP contribution in [0, 0.1) is 0 Å². The van der Waals surface area contributed by atoms with Crippen molar-refractivity contribution in [1.29, 1.82) is 0 Å². The number of aryl methyl sites for hydroxylation is 2. The highest BCUT2D eigenvalue weighted by molar-refractivity contribution is 7.15. The predicted molar refractivity (Wildman–Crippen MR) is 125 cm³/mol. The van der Waals surface area contributed by atoms with Crippen LogP contribution in [0.15, 0.2) is 29.3 Å². The Morgan fingerprint density at radius 1 is 1.15 bits per heavy atom. The van der Waals surface area contributed by atoms with E-state index in [1.807, 2.05) is 24.3 Å². The molecule has 12 nitrogen and oxygen atoms in total. The molecule has 0 radical (unpaired) electrons. The minimum atomic E-state index is -1.33. The maximum atomic E-state index is 11.6. The van der Waals surface area contributed by atoms with Crippen LogP contribution >= 0.6 is 11.3 Å². The number of rotatable bonds is 8. The minimum Gasteiger partial charge on any atom is -0.465 e. The van der Waals surface area contributed by atoms with Crippen molar-refractivity contribution in [3.05, 3.63) is 40.4 Å². The normalized spacial score (nSPS) is 10.2. The van der Waals surface area contributed by atoms with E-state index < -0.39 is 12.2 Å². The molecule has 4 amide bonds. The molecular formula is C20H26N6O6S. The van der Waals surface area contributed by atoms with E-state index >= 15 is 0 Å². The first-order valence-electron chi connectivity index (χ1n) is 9.55. The molecule has 2 aromatic rings. The minimum absolute atomic E-state index is 0.0417. The van der Waals surface area contributed by atoms with Crippen LogP contribution in [0.1, 0.15) is 30.0 Å². The van der Waals surface area contributed by atoms with E-state index in [1.54, 1.807) is 11.9 Å². The molecule has 6 N–H and O–H groups in total. The molecule has 0 saturated carbocycles. The van der Waals surface area contributed by atoms with E-state index in [2.05, 4.69) is 26.3 Å². The lowest BCUT2D eigenvalue weighted by Gasteiger charge is -2.14. The van der Waals surface area contributed by atoms with E-state index in [9.17, 15) is 14.4 Å². The van der Waals surface area contributed by atoms with Gasteiger partial charge in [0.1, 0.15) is 0 Å². The van der Waals surface area contributed by atoms with Crippen LogP contribution in [0.25, 0.3) is 0 Å². The molecule has 13 heteroatoms. The first kappa shape index (κ1) is 27.0. The lowest BCUT2D eigenvalue weighted by Crippen LogP contribution is -2.23. The summed E-state index contributed by atoms with van der Waals surface area (Å²) >= 11 is 1.37. The van der Waals surface area contributed by atoms with Gasteiger partial charge in [0.05, 0.1) is 18.6 Å². The van der Waals surface area contributed by atoms with Crippen molar-refractivity contribution in [2.45, 2.75) is 33.2 Å². The van der Waals surface area contributed by atoms with Gasteiger partial charge in [0, 0.05) is 31.5 Å². The first-order chi connectivity index (χ1) is 15.5. The van der Waals surface area contributed by atoms with Gasteiger partial charge in [0.15, 0.2) is 5.13 Å². The molecule has 33 heavy (non-hydrogen) atoms. The van der Waals surface area contributed by atoms with E-state index in [0.717, 1.165) is 34.6 Å². The summed E-state index contributed by atoms with van der Waals surface area (Å²) in [6, 6.07) is 7.52. The van der Waals surface area contributed by atoms with E-state index in [4.69, 9.17) is 15.0 Å². The van der Waals surface area contributed by atoms with Gasteiger partial charge in [-0.2, -0.15) is 4.99 Å².